The van der Waals surface area contributed by atoms with E-state index in [4.69, 9.17) is 0 Å². The fourth-order valence-electron chi connectivity index (χ4n) is 2.94. The summed E-state index contributed by atoms with van der Waals surface area (Å²) in [6, 6.07) is 0.0808. The zero-order chi connectivity index (χ0) is 12.8. The van der Waals surface area contributed by atoms with Crippen LogP contribution in [-0.4, -0.2) is 61.0 Å². The van der Waals surface area contributed by atoms with Gasteiger partial charge in [0.2, 0.25) is 5.91 Å². The van der Waals surface area contributed by atoms with E-state index in [0.717, 1.165) is 45.4 Å². The van der Waals surface area contributed by atoms with Crippen LogP contribution in [0.4, 0.5) is 0 Å². The molecule has 4 heteroatoms. The maximum atomic E-state index is 12.3. The van der Waals surface area contributed by atoms with E-state index in [-0.39, 0.29) is 6.04 Å². The van der Waals surface area contributed by atoms with E-state index in [2.05, 4.69) is 22.0 Å². The minimum absolute atomic E-state index is 0.0808. The zero-order valence-corrected chi connectivity index (χ0v) is 11.7. The summed E-state index contributed by atoms with van der Waals surface area (Å²) in [7, 11) is 0. The van der Waals surface area contributed by atoms with E-state index < -0.39 is 0 Å². The van der Waals surface area contributed by atoms with Crippen molar-refractivity contribution in [2.45, 2.75) is 45.1 Å². The molecule has 2 rings (SSSR count). The van der Waals surface area contributed by atoms with E-state index in [1.54, 1.807) is 0 Å². The number of hydrogen-bond donors (Lipinski definition) is 1. The van der Waals surface area contributed by atoms with Gasteiger partial charge in [-0.25, -0.2) is 0 Å². The molecule has 1 unspecified atom stereocenters. The molecule has 0 saturated carbocycles. The first-order chi connectivity index (χ1) is 8.81. The minimum atomic E-state index is 0.0808. The van der Waals surface area contributed by atoms with Gasteiger partial charge in [-0.3, -0.25) is 4.79 Å². The van der Waals surface area contributed by atoms with Crippen molar-refractivity contribution in [2.75, 3.05) is 39.3 Å². The Morgan fingerprint density at radius 3 is 2.67 bits per heavy atom. The second-order valence-electron chi connectivity index (χ2n) is 5.52. The Morgan fingerprint density at radius 1 is 1.17 bits per heavy atom. The third-order valence-electron chi connectivity index (χ3n) is 4.06. The van der Waals surface area contributed by atoms with Crippen molar-refractivity contribution in [2.24, 2.45) is 0 Å². The molecule has 0 aromatic rings. The van der Waals surface area contributed by atoms with E-state index in [0.29, 0.717) is 5.91 Å². The van der Waals surface area contributed by atoms with Crippen LogP contribution in [0.5, 0.6) is 0 Å². The summed E-state index contributed by atoms with van der Waals surface area (Å²) in [6.07, 6.45) is 5.91. The number of likely N-dealkylation sites (tertiary alicyclic amines) is 2. The van der Waals surface area contributed by atoms with Gasteiger partial charge >= 0.3 is 0 Å². The molecule has 0 aromatic heterocycles. The second-order valence-corrected chi connectivity index (χ2v) is 5.52. The first kappa shape index (κ1) is 13.8. The van der Waals surface area contributed by atoms with Crippen LogP contribution in [0, 0.1) is 0 Å². The number of rotatable bonds is 6. The van der Waals surface area contributed by atoms with Crippen molar-refractivity contribution >= 4 is 5.91 Å². The summed E-state index contributed by atoms with van der Waals surface area (Å²) >= 11 is 0. The Hall–Kier alpha value is -0.610. The number of carbonyl (C=O) groups excluding carboxylic acids is 1. The van der Waals surface area contributed by atoms with Crippen LogP contribution in [0.15, 0.2) is 0 Å². The van der Waals surface area contributed by atoms with Gasteiger partial charge < -0.3 is 15.1 Å². The van der Waals surface area contributed by atoms with Crippen LogP contribution in [0.3, 0.4) is 0 Å². The van der Waals surface area contributed by atoms with E-state index in [1.807, 2.05) is 0 Å². The van der Waals surface area contributed by atoms with Crippen LogP contribution in [0.25, 0.3) is 0 Å². The highest BCUT2D eigenvalue weighted by Gasteiger charge is 2.28. The largest absolute Gasteiger partial charge is 0.340 e. The quantitative estimate of drug-likeness (QED) is 0.769. The van der Waals surface area contributed by atoms with Crippen LogP contribution in [0.2, 0.25) is 0 Å². The molecule has 0 radical (unpaired) electrons. The number of amides is 1. The number of hydrogen-bond acceptors (Lipinski definition) is 3. The molecule has 2 saturated heterocycles. The molecule has 4 nitrogen and oxygen atoms in total. The minimum Gasteiger partial charge on any atom is -0.340 e. The van der Waals surface area contributed by atoms with Gasteiger partial charge in [0, 0.05) is 19.6 Å². The van der Waals surface area contributed by atoms with Gasteiger partial charge in [-0.05, 0) is 51.7 Å². The van der Waals surface area contributed by atoms with Gasteiger partial charge in [0.15, 0.2) is 0 Å². The first-order valence-electron chi connectivity index (χ1n) is 7.56. The molecule has 2 heterocycles. The van der Waals surface area contributed by atoms with Crippen molar-refractivity contribution in [3.63, 3.8) is 0 Å². The van der Waals surface area contributed by atoms with Gasteiger partial charge in [-0.15, -0.1) is 0 Å². The Bertz CT molecular complexity index is 264. The van der Waals surface area contributed by atoms with Crippen LogP contribution in [0.1, 0.15) is 39.0 Å². The van der Waals surface area contributed by atoms with E-state index in [1.165, 1.54) is 25.9 Å². The lowest BCUT2D eigenvalue weighted by atomic mass is 10.0. The van der Waals surface area contributed by atoms with Gasteiger partial charge in [-0.2, -0.15) is 0 Å². The zero-order valence-electron chi connectivity index (χ0n) is 11.7. The molecule has 2 aliphatic rings. The molecule has 104 valence electrons. The Balaban J connectivity index is 1.74. The number of nitrogens with one attached hydrogen (secondary N) is 1. The van der Waals surface area contributed by atoms with Crippen molar-refractivity contribution in [1.82, 2.24) is 15.1 Å². The summed E-state index contributed by atoms with van der Waals surface area (Å²) in [5, 5.41) is 3.37. The third-order valence-corrected chi connectivity index (χ3v) is 4.06. The highest BCUT2D eigenvalue weighted by molar-refractivity contribution is 5.82. The molecule has 2 aliphatic heterocycles. The maximum absolute atomic E-state index is 12.3. The molecule has 0 aliphatic carbocycles. The standard InChI is InChI=1S/C14H27N3O/c1-2-7-15-13-6-5-10-17(14(13)18)12-11-16-8-3-4-9-16/h13,15H,2-12H2,1H3. The van der Waals surface area contributed by atoms with Crippen molar-refractivity contribution in [1.29, 1.82) is 0 Å². The van der Waals surface area contributed by atoms with Crippen molar-refractivity contribution in [3.8, 4) is 0 Å². The lowest BCUT2D eigenvalue weighted by Gasteiger charge is -2.33. The van der Waals surface area contributed by atoms with Crippen LogP contribution in [-0.2, 0) is 4.79 Å². The Kier molecular flexibility index (Phi) is 5.45. The predicted octanol–water partition coefficient (Wildman–Crippen LogP) is 1.07. The molecular weight excluding hydrogens is 226 g/mol. The summed E-state index contributed by atoms with van der Waals surface area (Å²) in [5.74, 6) is 0.328. The van der Waals surface area contributed by atoms with E-state index >= 15 is 0 Å². The summed E-state index contributed by atoms with van der Waals surface area (Å²) < 4.78 is 0. The van der Waals surface area contributed by atoms with Crippen molar-refractivity contribution in [3.05, 3.63) is 0 Å². The lowest BCUT2D eigenvalue weighted by molar-refractivity contribution is -0.136. The number of carbonyl (C=O) groups is 1. The average molecular weight is 253 g/mol. The number of nitrogens with zero attached hydrogens (tertiary/aromatic N) is 2. The topological polar surface area (TPSA) is 35.6 Å². The fraction of sp³-hybridized carbons (Fsp3) is 0.929. The molecule has 0 aromatic carbocycles. The molecule has 2 fully saturated rings. The van der Waals surface area contributed by atoms with Crippen LogP contribution < -0.4 is 5.32 Å². The van der Waals surface area contributed by atoms with Crippen LogP contribution >= 0.6 is 0 Å². The van der Waals surface area contributed by atoms with Gasteiger partial charge in [-0.1, -0.05) is 6.92 Å². The first-order valence-corrected chi connectivity index (χ1v) is 7.56. The highest BCUT2D eigenvalue weighted by Crippen LogP contribution is 2.13. The highest BCUT2D eigenvalue weighted by atomic mass is 16.2. The second kappa shape index (κ2) is 7.10. The molecule has 1 N–H and O–H groups in total. The molecule has 0 bridgehead atoms. The molecule has 18 heavy (non-hydrogen) atoms. The molecule has 0 spiro atoms. The number of piperidine rings is 1. The molecule has 1 atom stereocenters. The summed E-state index contributed by atoms with van der Waals surface area (Å²) in [5.41, 5.74) is 0. The molecule has 1 amide bonds. The summed E-state index contributed by atoms with van der Waals surface area (Å²) in [6.45, 7) is 8.48. The Morgan fingerprint density at radius 2 is 1.94 bits per heavy atom. The van der Waals surface area contributed by atoms with Gasteiger partial charge in [0.05, 0.1) is 6.04 Å². The monoisotopic (exact) mass is 253 g/mol. The average Bonchev–Trinajstić information content (AvgIpc) is 2.89. The Labute approximate surface area is 111 Å². The van der Waals surface area contributed by atoms with Crippen molar-refractivity contribution < 1.29 is 4.79 Å². The van der Waals surface area contributed by atoms with Gasteiger partial charge in [0.1, 0.15) is 0 Å². The van der Waals surface area contributed by atoms with E-state index in [9.17, 15) is 4.79 Å². The maximum Gasteiger partial charge on any atom is 0.239 e. The summed E-state index contributed by atoms with van der Waals surface area (Å²) in [4.78, 5) is 16.8. The SMILES string of the molecule is CCCNC1CCCN(CCN2CCCC2)C1=O. The molecular formula is C14H27N3O. The predicted molar refractivity (Wildman–Crippen MR) is 73.6 cm³/mol. The lowest BCUT2D eigenvalue weighted by Crippen LogP contribution is -2.52. The van der Waals surface area contributed by atoms with Gasteiger partial charge in [0.25, 0.3) is 0 Å². The third kappa shape index (κ3) is 3.69. The fourth-order valence-corrected chi connectivity index (χ4v) is 2.94. The normalized spacial score (nSPS) is 25.9. The smallest absolute Gasteiger partial charge is 0.239 e.